The second-order valence-electron chi connectivity index (χ2n) is 5.36. The number of nitrogens with one attached hydrogen (secondary N) is 2. The fourth-order valence-electron chi connectivity index (χ4n) is 2.17. The summed E-state index contributed by atoms with van der Waals surface area (Å²) >= 11 is 0. The van der Waals surface area contributed by atoms with E-state index in [1.54, 1.807) is 0 Å². The van der Waals surface area contributed by atoms with Gasteiger partial charge in [0.25, 0.3) is 5.91 Å². The summed E-state index contributed by atoms with van der Waals surface area (Å²) in [6.45, 7) is 3.89. The number of hydrogen-bond donors (Lipinski definition) is 3. The Hall–Kier alpha value is -1.92. The molecule has 19 heavy (non-hydrogen) atoms. The lowest BCUT2D eigenvalue weighted by atomic mass is 9.74. The van der Waals surface area contributed by atoms with Crippen LogP contribution in [0, 0.1) is 0 Å². The average Bonchev–Trinajstić information content (AvgIpc) is 2.74. The van der Waals surface area contributed by atoms with Crippen molar-refractivity contribution >= 4 is 11.9 Å². The van der Waals surface area contributed by atoms with Gasteiger partial charge in [-0.25, -0.2) is 4.98 Å². The summed E-state index contributed by atoms with van der Waals surface area (Å²) < 4.78 is 0. The van der Waals surface area contributed by atoms with E-state index in [4.69, 9.17) is 5.11 Å². The van der Waals surface area contributed by atoms with Gasteiger partial charge in [0, 0.05) is 5.92 Å². The molecule has 1 aromatic rings. The van der Waals surface area contributed by atoms with E-state index in [0.29, 0.717) is 18.7 Å². The third-order valence-electron chi connectivity index (χ3n) is 3.43. The fraction of sp³-hybridized carbons (Fsp3) is 0.667. The van der Waals surface area contributed by atoms with Crippen LogP contribution in [0.3, 0.4) is 0 Å². The number of aromatic nitrogens is 3. The van der Waals surface area contributed by atoms with Crippen LogP contribution in [0.4, 0.5) is 0 Å². The monoisotopic (exact) mass is 266 g/mol. The zero-order valence-corrected chi connectivity index (χ0v) is 11.1. The minimum atomic E-state index is -0.905. The van der Waals surface area contributed by atoms with Crippen molar-refractivity contribution in [2.45, 2.75) is 51.0 Å². The molecule has 0 unspecified atom stereocenters. The van der Waals surface area contributed by atoms with Gasteiger partial charge in [0.05, 0.1) is 12.0 Å². The maximum absolute atomic E-state index is 12.0. The molecule has 0 radical (unpaired) electrons. The highest BCUT2D eigenvalue weighted by Crippen LogP contribution is 2.35. The number of carboxylic acid groups (broad SMARTS) is 1. The van der Waals surface area contributed by atoms with E-state index in [9.17, 15) is 9.59 Å². The van der Waals surface area contributed by atoms with Crippen molar-refractivity contribution in [2.75, 3.05) is 0 Å². The van der Waals surface area contributed by atoms with Crippen LogP contribution >= 0.6 is 0 Å². The van der Waals surface area contributed by atoms with E-state index in [0.717, 1.165) is 6.42 Å². The minimum absolute atomic E-state index is 0.0554. The van der Waals surface area contributed by atoms with E-state index >= 15 is 0 Å². The molecular weight excluding hydrogens is 248 g/mol. The van der Waals surface area contributed by atoms with Gasteiger partial charge >= 0.3 is 5.97 Å². The van der Waals surface area contributed by atoms with Crippen molar-refractivity contribution in [2.24, 2.45) is 0 Å². The molecule has 1 amide bonds. The number of amides is 1. The summed E-state index contributed by atoms with van der Waals surface area (Å²) in [7, 11) is 0. The maximum Gasteiger partial charge on any atom is 0.305 e. The number of carbonyl (C=O) groups is 2. The molecule has 0 bridgehead atoms. The summed E-state index contributed by atoms with van der Waals surface area (Å²) in [5.41, 5.74) is -0.623. The number of carbonyl (C=O) groups excluding carboxylic acids is 1. The number of carboxylic acids is 1. The molecule has 1 aliphatic rings. The van der Waals surface area contributed by atoms with Crippen molar-refractivity contribution in [3.8, 4) is 0 Å². The number of H-pyrrole nitrogens is 1. The Kier molecular flexibility index (Phi) is 3.55. The molecule has 104 valence electrons. The molecule has 0 spiro atoms. The molecule has 7 nitrogen and oxygen atoms in total. The molecule has 0 aliphatic heterocycles. The van der Waals surface area contributed by atoms with Gasteiger partial charge in [-0.3, -0.25) is 14.7 Å². The molecule has 7 heteroatoms. The highest BCUT2D eigenvalue weighted by molar-refractivity contribution is 5.91. The standard InChI is InChI=1S/C12H18N4O3/c1-7(2)9-13-10(16-15-9)11(19)14-12(4-3-5-12)6-8(17)18/h7H,3-6H2,1-2H3,(H,14,19)(H,17,18)(H,13,15,16). The third kappa shape index (κ3) is 2.91. The zero-order valence-electron chi connectivity index (χ0n) is 11.1. The van der Waals surface area contributed by atoms with Crippen molar-refractivity contribution in [3.05, 3.63) is 11.6 Å². The summed E-state index contributed by atoms with van der Waals surface area (Å²) in [6.07, 6.45) is 2.25. The lowest BCUT2D eigenvalue weighted by molar-refractivity contribution is -0.139. The smallest absolute Gasteiger partial charge is 0.305 e. The van der Waals surface area contributed by atoms with Gasteiger partial charge < -0.3 is 10.4 Å². The van der Waals surface area contributed by atoms with E-state index in [1.807, 2.05) is 13.8 Å². The highest BCUT2D eigenvalue weighted by atomic mass is 16.4. The van der Waals surface area contributed by atoms with Crippen LogP contribution < -0.4 is 5.32 Å². The van der Waals surface area contributed by atoms with Crippen LogP contribution in [0.1, 0.15) is 61.9 Å². The molecule has 1 saturated carbocycles. The molecule has 1 aliphatic carbocycles. The molecule has 3 N–H and O–H groups in total. The molecular formula is C12H18N4O3. The van der Waals surface area contributed by atoms with Gasteiger partial charge in [0.2, 0.25) is 5.82 Å². The first-order chi connectivity index (χ1) is 8.92. The predicted octanol–water partition coefficient (Wildman–Crippen LogP) is 1.06. The van der Waals surface area contributed by atoms with Gasteiger partial charge in [-0.05, 0) is 19.3 Å². The number of aliphatic carboxylic acids is 1. The van der Waals surface area contributed by atoms with Crippen LogP contribution in [0.25, 0.3) is 0 Å². The second-order valence-corrected chi connectivity index (χ2v) is 5.36. The Bertz CT molecular complexity index is 491. The van der Waals surface area contributed by atoms with Crippen molar-refractivity contribution in [1.82, 2.24) is 20.5 Å². The van der Waals surface area contributed by atoms with Crippen LogP contribution in [-0.4, -0.2) is 37.7 Å². The normalized spacial score (nSPS) is 17.0. The lowest BCUT2D eigenvalue weighted by Gasteiger charge is -2.41. The van der Waals surface area contributed by atoms with Gasteiger partial charge in [-0.1, -0.05) is 13.8 Å². The quantitative estimate of drug-likeness (QED) is 0.738. The van der Waals surface area contributed by atoms with Crippen LogP contribution in [0.5, 0.6) is 0 Å². The Balaban J connectivity index is 2.05. The number of aromatic amines is 1. The van der Waals surface area contributed by atoms with Crippen LogP contribution in [-0.2, 0) is 4.79 Å². The maximum atomic E-state index is 12.0. The Morgan fingerprint density at radius 3 is 2.58 bits per heavy atom. The molecule has 2 rings (SSSR count). The van der Waals surface area contributed by atoms with E-state index in [-0.39, 0.29) is 18.2 Å². The first-order valence-corrected chi connectivity index (χ1v) is 6.38. The SMILES string of the molecule is CC(C)c1nc(C(=O)NC2(CC(=O)O)CCC2)n[nH]1. The zero-order chi connectivity index (χ0) is 14.0. The first kappa shape index (κ1) is 13.5. The van der Waals surface area contributed by atoms with E-state index < -0.39 is 17.4 Å². The largest absolute Gasteiger partial charge is 0.481 e. The van der Waals surface area contributed by atoms with Gasteiger partial charge in [0.1, 0.15) is 5.82 Å². The van der Waals surface area contributed by atoms with Gasteiger partial charge in [-0.2, -0.15) is 0 Å². The first-order valence-electron chi connectivity index (χ1n) is 6.38. The summed E-state index contributed by atoms with van der Waals surface area (Å²) in [5, 5.41) is 18.2. The number of rotatable bonds is 5. The van der Waals surface area contributed by atoms with Gasteiger partial charge in [0.15, 0.2) is 0 Å². The minimum Gasteiger partial charge on any atom is -0.481 e. The molecule has 1 fully saturated rings. The lowest BCUT2D eigenvalue weighted by Crippen LogP contribution is -2.54. The molecule has 1 aromatic heterocycles. The molecule has 0 aromatic carbocycles. The summed E-state index contributed by atoms with van der Waals surface area (Å²) in [5.74, 6) is -0.445. The van der Waals surface area contributed by atoms with Gasteiger partial charge in [-0.15, -0.1) is 5.10 Å². The summed E-state index contributed by atoms with van der Waals surface area (Å²) in [4.78, 5) is 27.0. The molecule has 0 saturated heterocycles. The predicted molar refractivity (Wildman–Crippen MR) is 66.8 cm³/mol. The van der Waals surface area contributed by atoms with Crippen LogP contribution in [0.2, 0.25) is 0 Å². The topological polar surface area (TPSA) is 108 Å². The Labute approximate surface area is 110 Å². The van der Waals surface area contributed by atoms with Crippen molar-refractivity contribution in [1.29, 1.82) is 0 Å². The Morgan fingerprint density at radius 1 is 1.47 bits per heavy atom. The Morgan fingerprint density at radius 2 is 2.16 bits per heavy atom. The number of hydrogen-bond acceptors (Lipinski definition) is 4. The van der Waals surface area contributed by atoms with Crippen LogP contribution in [0.15, 0.2) is 0 Å². The van der Waals surface area contributed by atoms with E-state index in [2.05, 4.69) is 20.5 Å². The fourth-order valence-corrected chi connectivity index (χ4v) is 2.17. The highest BCUT2D eigenvalue weighted by Gasteiger charge is 2.41. The molecule has 1 heterocycles. The second kappa shape index (κ2) is 4.99. The average molecular weight is 266 g/mol. The van der Waals surface area contributed by atoms with Crippen molar-refractivity contribution in [3.63, 3.8) is 0 Å². The number of nitrogens with zero attached hydrogens (tertiary/aromatic N) is 2. The van der Waals surface area contributed by atoms with E-state index in [1.165, 1.54) is 0 Å². The van der Waals surface area contributed by atoms with Crippen molar-refractivity contribution < 1.29 is 14.7 Å². The summed E-state index contributed by atoms with van der Waals surface area (Å²) in [6, 6.07) is 0. The molecule has 0 atom stereocenters. The third-order valence-corrected chi connectivity index (χ3v) is 3.43.